The van der Waals surface area contributed by atoms with Gasteiger partial charge >= 0.3 is 0 Å². The second-order valence-electron chi connectivity index (χ2n) is 9.21. The van der Waals surface area contributed by atoms with E-state index in [1.165, 1.54) is 12.8 Å². The van der Waals surface area contributed by atoms with Crippen molar-refractivity contribution in [1.29, 1.82) is 0 Å². The Morgan fingerprint density at radius 3 is 2.88 bits per heavy atom. The molecule has 1 aliphatic heterocycles. The molecule has 1 heterocycles. The van der Waals surface area contributed by atoms with E-state index in [0.29, 0.717) is 31.0 Å². The minimum atomic E-state index is -0.796. The van der Waals surface area contributed by atoms with Gasteiger partial charge in [-0.25, -0.2) is 0 Å². The van der Waals surface area contributed by atoms with Crippen LogP contribution in [0.15, 0.2) is 18.2 Å². The summed E-state index contributed by atoms with van der Waals surface area (Å²) < 4.78 is 5.48. The molecule has 1 unspecified atom stereocenters. The van der Waals surface area contributed by atoms with Crippen LogP contribution in [0, 0.1) is 18.8 Å². The standard InChI is InChI=1S/C22H29NO3/c1-14-3-6-18(26-2)9-19(14)21-10-16-13-23(12-15-4-5-15)20(16)22(21,25)8-7-17(24)11-21/h3,6,9,15-16,20,25H,4-5,7-8,10-13H2,1-2H3/t16?,20-,21-,22-/m1/s1. The molecule has 0 amide bonds. The second-order valence-corrected chi connectivity index (χ2v) is 9.21. The van der Waals surface area contributed by atoms with Gasteiger partial charge in [0.2, 0.25) is 0 Å². The molecule has 3 aliphatic carbocycles. The summed E-state index contributed by atoms with van der Waals surface area (Å²) in [6.07, 6.45) is 5.19. The fourth-order valence-corrected chi connectivity index (χ4v) is 6.32. The van der Waals surface area contributed by atoms with Crippen LogP contribution >= 0.6 is 0 Å². The third kappa shape index (κ3) is 2.18. The molecule has 26 heavy (non-hydrogen) atoms. The number of hydrogen-bond acceptors (Lipinski definition) is 4. The van der Waals surface area contributed by atoms with E-state index < -0.39 is 11.0 Å². The number of nitrogens with zero attached hydrogens (tertiary/aromatic N) is 1. The SMILES string of the molecule is COc1ccc(C)c([C@@]23CC(=O)CC[C@@]2(O)[C@H]2C(CN2CC2CC2)C3)c1. The number of ketones is 1. The normalized spacial score (nSPS) is 39.3. The minimum absolute atomic E-state index is 0.224. The highest BCUT2D eigenvalue weighted by Gasteiger charge is 2.70. The molecule has 5 rings (SSSR count). The number of ether oxygens (including phenoxy) is 1. The first kappa shape index (κ1) is 16.8. The lowest BCUT2D eigenvalue weighted by Gasteiger charge is -2.54. The van der Waals surface area contributed by atoms with Gasteiger partial charge in [0.25, 0.3) is 0 Å². The zero-order valence-corrected chi connectivity index (χ0v) is 15.8. The highest BCUT2D eigenvalue weighted by molar-refractivity contribution is 5.82. The van der Waals surface area contributed by atoms with Gasteiger partial charge in [-0.2, -0.15) is 0 Å². The number of benzene rings is 1. The van der Waals surface area contributed by atoms with Crippen LogP contribution in [0.2, 0.25) is 0 Å². The average Bonchev–Trinajstić information content (AvgIpc) is 3.38. The molecule has 1 aromatic carbocycles. The largest absolute Gasteiger partial charge is 0.497 e. The fourth-order valence-electron chi connectivity index (χ4n) is 6.32. The summed E-state index contributed by atoms with van der Waals surface area (Å²) >= 11 is 0. The van der Waals surface area contributed by atoms with E-state index in [1.807, 2.05) is 6.07 Å². The molecule has 1 aromatic rings. The van der Waals surface area contributed by atoms with Gasteiger partial charge in [0, 0.05) is 37.4 Å². The van der Waals surface area contributed by atoms with Crippen molar-refractivity contribution in [2.45, 2.75) is 62.5 Å². The zero-order valence-electron chi connectivity index (χ0n) is 15.8. The van der Waals surface area contributed by atoms with Crippen molar-refractivity contribution in [3.8, 4) is 5.75 Å². The number of likely N-dealkylation sites (tertiary alicyclic amines) is 1. The Morgan fingerprint density at radius 2 is 2.15 bits per heavy atom. The lowest BCUT2D eigenvalue weighted by molar-refractivity contribution is -0.147. The number of carbonyl (C=O) groups excluding carboxylic acids is 1. The Kier molecular flexibility index (Phi) is 3.58. The number of aliphatic hydroxyl groups is 1. The Morgan fingerprint density at radius 1 is 1.35 bits per heavy atom. The van der Waals surface area contributed by atoms with Crippen molar-refractivity contribution in [3.05, 3.63) is 29.3 Å². The summed E-state index contributed by atoms with van der Waals surface area (Å²) in [5.41, 5.74) is 1.05. The van der Waals surface area contributed by atoms with Crippen LogP contribution in [0.1, 0.15) is 49.7 Å². The molecule has 4 atom stereocenters. The average molecular weight is 355 g/mol. The third-order valence-electron chi connectivity index (χ3n) is 7.67. The molecule has 4 nitrogen and oxygen atoms in total. The Labute approximate surface area is 155 Å². The maximum absolute atomic E-state index is 12.5. The van der Waals surface area contributed by atoms with E-state index in [9.17, 15) is 9.90 Å². The smallest absolute Gasteiger partial charge is 0.134 e. The van der Waals surface area contributed by atoms with Crippen molar-refractivity contribution < 1.29 is 14.6 Å². The number of hydrogen-bond donors (Lipinski definition) is 1. The van der Waals surface area contributed by atoms with Crippen LogP contribution in [0.25, 0.3) is 0 Å². The van der Waals surface area contributed by atoms with Gasteiger partial charge < -0.3 is 9.84 Å². The van der Waals surface area contributed by atoms with Gasteiger partial charge in [0.15, 0.2) is 0 Å². The number of Topliss-reactive ketones (excluding diaryl/α,β-unsaturated/α-hetero) is 1. The lowest BCUT2D eigenvalue weighted by Crippen LogP contribution is -2.67. The predicted octanol–water partition coefficient (Wildman–Crippen LogP) is 2.84. The number of carbonyl (C=O) groups is 1. The van der Waals surface area contributed by atoms with Gasteiger partial charge in [-0.05, 0) is 67.7 Å². The molecular weight excluding hydrogens is 326 g/mol. The minimum Gasteiger partial charge on any atom is -0.497 e. The maximum Gasteiger partial charge on any atom is 0.134 e. The summed E-state index contributed by atoms with van der Waals surface area (Å²) in [5, 5.41) is 12.1. The van der Waals surface area contributed by atoms with E-state index >= 15 is 0 Å². The summed E-state index contributed by atoms with van der Waals surface area (Å²) in [7, 11) is 1.68. The van der Waals surface area contributed by atoms with Crippen molar-refractivity contribution in [2.75, 3.05) is 20.2 Å². The quantitative estimate of drug-likeness (QED) is 0.902. The van der Waals surface area contributed by atoms with E-state index in [0.717, 1.165) is 42.3 Å². The van der Waals surface area contributed by atoms with Crippen LogP contribution in [0.4, 0.5) is 0 Å². The van der Waals surface area contributed by atoms with Crippen molar-refractivity contribution in [2.24, 2.45) is 11.8 Å². The van der Waals surface area contributed by atoms with Crippen molar-refractivity contribution >= 4 is 5.78 Å². The number of aryl methyl sites for hydroxylation is 1. The Hall–Kier alpha value is -1.39. The Balaban J connectivity index is 1.59. The fraction of sp³-hybridized carbons (Fsp3) is 0.682. The van der Waals surface area contributed by atoms with Gasteiger partial charge in [-0.1, -0.05) is 6.07 Å². The highest BCUT2D eigenvalue weighted by Crippen LogP contribution is 2.63. The highest BCUT2D eigenvalue weighted by atomic mass is 16.5. The molecular formula is C22H29NO3. The van der Waals surface area contributed by atoms with E-state index in [1.54, 1.807) is 7.11 Å². The van der Waals surface area contributed by atoms with Crippen LogP contribution in [0.3, 0.4) is 0 Å². The summed E-state index contributed by atoms with van der Waals surface area (Å²) in [6.45, 7) is 4.32. The third-order valence-corrected chi connectivity index (χ3v) is 7.67. The monoisotopic (exact) mass is 355 g/mol. The van der Waals surface area contributed by atoms with E-state index in [4.69, 9.17) is 4.74 Å². The van der Waals surface area contributed by atoms with Crippen LogP contribution < -0.4 is 4.74 Å². The van der Waals surface area contributed by atoms with Crippen LogP contribution in [0.5, 0.6) is 5.75 Å². The van der Waals surface area contributed by atoms with Crippen LogP contribution in [-0.2, 0) is 10.2 Å². The summed E-state index contributed by atoms with van der Waals surface area (Å²) in [6, 6.07) is 6.35. The predicted molar refractivity (Wildman–Crippen MR) is 99.4 cm³/mol. The van der Waals surface area contributed by atoms with Gasteiger partial charge in [-0.3, -0.25) is 9.69 Å². The molecule has 3 saturated carbocycles. The molecule has 4 aliphatic rings. The van der Waals surface area contributed by atoms with E-state index in [2.05, 4.69) is 24.0 Å². The molecule has 0 bridgehead atoms. The number of rotatable bonds is 4. The molecule has 1 N–H and O–H groups in total. The first-order valence-corrected chi connectivity index (χ1v) is 10.1. The summed E-state index contributed by atoms with van der Waals surface area (Å²) in [4.78, 5) is 15.1. The van der Waals surface area contributed by atoms with E-state index in [-0.39, 0.29) is 6.04 Å². The second kappa shape index (κ2) is 5.56. The van der Waals surface area contributed by atoms with Crippen LogP contribution in [-0.4, -0.2) is 47.6 Å². The van der Waals surface area contributed by atoms with Crippen molar-refractivity contribution in [1.82, 2.24) is 4.90 Å². The maximum atomic E-state index is 12.5. The first-order chi connectivity index (χ1) is 12.5. The van der Waals surface area contributed by atoms with Gasteiger partial charge in [0.05, 0.1) is 12.7 Å². The first-order valence-electron chi connectivity index (χ1n) is 10.1. The molecule has 4 heteroatoms. The Bertz CT molecular complexity index is 758. The number of fused-ring (bicyclic) bond motifs is 3. The lowest BCUT2D eigenvalue weighted by atomic mass is 9.59. The molecule has 0 radical (unpaired) electrons. The molecule has 0 aromatic heterocycles. The molecule has 140 valence electrons. The van der Waals surface area contributed by atoms with Crippen molar-refractivity contribution in [3.63, 3.8) is 0 Å². The van der Waals surface area contributed by atoms with Gasteiger partial charge in [0.1, 0.15) is 11.5 Å². The molecule has 4 fully saturated rings. The zero-order chi connectivity index (χ0) is 18.1. The topological polar surface area (TPSA) is 49.8 Å². The van der Waals surface area contributed by atoms with Gasteiger partial charge in [-0.15, -0.1) is 0 Å². The summed E-state index contributed by atoms with van der Waals surface area (Å²) in [5.74, 6) is 2.45. The molecule has 1 saturated heterocycles. The number of methoxy groups -OCH3 is 1. The molecule has 0 spiro atoms.